The molecule has 0 spiro atoms. The third-order valence-electron chi connectivity index (χ3n) is 7.72. The van der Waals surface area contributed by atoms with Gasteiger partial charge in [0.25, 0.3) is 10.0 Å². The molecule has 43 heavy (non-hydrogen) atoms. The molecule has 1 atom stereocenters. The molecule has 4 rings (SSSR count). The molecule has 0 radical (unpaired) electrons. The number of nitrogens with one attached hydrogen (secondary N) is 1. The van der Waals surface area contributed by atoms with Gasteiger partial charge in [-0.3, -0.25) is 13.9 Å². The second-order valence-electron chi connectivity index (χ2n) is 10.7. The van der Waals surface area contributed by atoms with Crippen LogP contribution in [0.25, 0.3) is 0 Å². The Morgan fingerprint density at radius 1 is 0.953 bits per heavy atom. The summed E-state index contributed by atoms with van der Waals surface area (Å²) in [5.41, 5.74) is 1.11. The number of anilines is 1. The Bertz CT molecular complexity index is 1440. The molecule has 0 bridgehead atoms. The Kier molecular flexibility index (Phi) is 11.2. The summed E-state index contributed by atoms with van der Waals surface area (Å²) < 4.78 is 48.1. The SMILES string of the molecule is CCOc1ccc(S(=O)(=O)N(CC(=O)N(CCc2ccccc2)C(C)C(=O)NC2CCCCC2)c2ccc(F)cc2)cc1. The standard InChI is InChI=1S/C33H40FN3O5S/c1-3-42-30-18-20-31(21-19-30)43(40,41)37(29-16-14-27(34)15-17-29)24-32(38)36(23-22-26-10-6-4-7-11-26)25(2)33(39)35-28-12-8-5-9-13-28/h4,6-7,10-11,14-21,25,28H,3,5,8-9,12-13,22-24H2,1-2H3,(H,35,39). The second kappa shape index (κ2) is 15.0. The lowest BCUT2D eigenvalue weighted by atomic mass is 9.95. The van der Waals surface area contributed by atoms with Gasteiger partial charge in [0.1, 0.15) is 24.2 Å². The summed E-state index contributed by atoms with van der Waals surface area (Å²) in [4.78, 5) is 28.8. The number of hydrogen-bond donors (Lipinski definition) is 1. The maximum absolute atomic E-state index is 14.0. The van der Waals surface area contributed by atoms with Crippen LogP contribution < -0.4 is 14.4 Å². The Morgan fingerprint density at radius 2 is 1.60 bits per heavy atom. The average Bonchev–Trinajstić information content (AvgIpc) is 3.02. The topological polar surface area (TPSA) is 96.0 Å². The van der Waals surface area contributed by atoms with Gasteiger partial charge < -0.3 is 15.0 Å². The first-order chi connectivity index (χ1) is 20.7. The monoisotopic (exact) mass is 609 g/mol. The molecule has 8 nitrogen and oxygen atoms in total. The van der Waals surface area contributed by atoms with Crippen LogP contribution >= 0.6 is 0 Å². The van der Waals surface area contributed by atoms with Crippen LogP contribution in [0.5, 0.6) is 5.75 Å². The minimum atomic E-state index is -4.26. The van der Waals surface area contributed by atoms with Crippen LogP contribution in [0, 0.1) is 5.82 Å². The number of ether oxygens (including phenoxy) is 1. The van der Waals surface area contributed by atoms with Gasteiger partial charge in [-0.25, -0.2) is 12.8 Å². The summed E-state index contributed by atoms with van der Waals surface area (Å²) >= 11 is 0. The van der Waals surface area contributed by atoms with E-state index in [1.165, 1.54) is 29.2 Å². The molecule has 1 fully saturated rings. The largest absolute Gasteiger partial charge is 0.494 e. The van der Waals surface area contributed by atoms with Gasteiger partial charge in [0.05, 0.1) is 17.2 Å². The fourth-order valence-corrected chi connectivity index (χ4v) is 6.69. The molecule has 3 aromatic carbocycles. The maximum Gasteiger partial charge on any atom is 0.264 e. The van der Waals surface area contributed by atoms with E-state index in [1.54, 1.807) is 19.1 Å². The quantitative estimate of drug-likeness (QED) is 0.283. The summed E-state index contributed by atoms with van der Waals surface area (Å²) in [5.74, 6) is -0.834. The van der Waals surface area contributed by atoms with Crippen LogP contribution in [0.2, 0.25) is 0 Å². The predicted octanol–water partition coefficient (Wildman–Crippen LogP) is 5.33. The molecule has 1 unspecified atom stereocenters. The molecule has 3 aromatic rings. The highest BCUT2D eigenvalue weighted by molar-refractivity contribution is 7.92. The van der Waals surface area contributed by atoms with Crippen molar-refractivity contribution in [3.63, 3.8) is 0 Å². The predicted molar refractivity (Wildman–Crippen MR) is 165 cm³/mol. The smallest absolute Gasteiger partial charge is 0.264 e. The minimum absolute atomic E-state index is 0.0491. The van der Waals surface area contributed by atoms with E-state index in [1.807, 2.05) is 37.3 Å². The van der Waals surface area contributed by atoms with Crippen molar-refractivity contribution in [3.05, 3.63) is 90.2 Å². The Balaban J connectivity index is 1.63. The van der Waals surface area contributed by atoms with Crippen LogP contribution in [-0.2, 0) is 26.0 Å². The van der Waals surface area contributed by atoms with Crippen molar-refractivity contribution in [2.45, 2.75) is 69.4 Å². The normalized spacial score (nSPS) is 14.5. The van der Waals surface area contributed by atoms with Gasteiger partial charge >= 0.3 is 0 Å². The zero-order valence-corrected chi connectivity index (χ0v) is 25.6. The summed E-state index contributed by atoms with van der Waals surface area (Å²) in [6, 6.07) is 19.7. The highest BCUT2D eigenvalue weighted by Gasteiger charge is 2.33. The molecule has 0 aromatic heterocycles. The van der Waals surface area contributed by atoms with E-state index in [-0.39, 0.29) is 29.1 Å². The Morgan fingerprint density at radius 3 is 2.23 bits per heavy atom. The van der Waals surface area contributed by atoms with Gasteiger partial charge in [0.15, 0.2) is 0 Å². The third kappa shape index (κ3) is 8.56. The van der Waals surface area contributed by atoms with E-state index >= 15 is 0 Å². The number of rotatable bonds is 13. The lowest BCUT2D eigenvalue weighted by Crippen LogP contribution is -2.53. The molecule has 0 heterocycles. The number of halogens is 1. The van der Waals surface area contributed by atoms with Crippen molar-refractivity contribution in [3.8, 4) is 5.75 Å². The van der Waals surface area contributed by atoms with Crippen molar-refractivity contribution < 1.29 is 27.1 Å². The zero-order valence-electron chi connectivity index (χ0n) is 24.7. The van der Waals surface area contributed by atoms with E-state index < -0.39 is 34.3 Å². The van der Waals surface area contributed by atoms with Crippen LogP contribution in [0.3, 0.4) is 0 Å². The fraction of sp³-hybridized carbons (Fsp3) is 0.394. The summed E-state index contributed by atoms with van der Waals surface area (Å²) in [5, 5.41) is 3.10. The number of amides is 2. The van der Waals surface area contributed by atoms with Gasteiger partial charge in [-0.1, -0.05) is 49.6 Å². The molecule has 1 aliphatic carbocycles. The van der Waals surface area contributed by atoms with E-state index in [0.29, 0.717) is 18.8 Å². The first kappa shape index (κ1) is 32.0. The Labute approximate surface area is 253 Å². The van der Waals surface area contributed by atoms with Gasteiger partial charge in [-0.05, 0) is 87.2 Å². The van der Waals surface area contributed by atoms with E-state index in [4.69, 9.17) is 4.74 Å². The van der Waals surface area contributed by atoms with E-state index in [9.17, 15) is 22.4 Å². The highest BCUT2D eigenvalue weighted by Crippen LogP contribution is 2.26. The summed E-state index contributed by atoms with van der Waals surface area (Å²) in [7, 11) is -4.26. The number of benzene rings is 3. The summed E-state index contributed by atoms with van der Waals surface area (Å²) in [6.45, 7) is 3.56. The first-order valence-electron chi connectivity index (χ1n) is 14.8. The molecule has 0 saturated heterocycles. The Hall–Kier alpha value is -3.92. The molecular formula is C33H40FN3O5S. The van der Waals surface area contributed by atoms with Crippen molar-refractivity contribution in [1.29, 1.82) is 0 Å². The maximum atomic E-state index is 14.0. The van der Waals surface area contributed by atoms with Gasteiger partial charge in [-0.15, -0.1) is 0 Å². The highest BCUT2D eigenvalue weighted by atomic mass is 32.2. The van der Waals surface area contributed by atoms with Crippen LogP contribution in [0.15, 0.2) is 83.8 Å². The number of carbonyl (C=O) groups excluding carboxylic acids is 2. The molecule has 1 saturated carbocycles. The van der Waals surface area contributed by atoms with Gasteiger partial charge in [0.2, 0.25) is 11.8 Å². The molecular weight excluding hydrogens is 569 g/mol. The van der Waals surface area contributed by atoms with Gasteiger partial charge in [0, 0.05) is 12.6 Å². The zero-order chi connectivity index (χ0) is 30.8. The van der Waals surface area contributed by atoms with Crippen LogP contribution in [0.1, 0.15) is 51.5 Å². The van der Waals surface area contributed by atoms with Gasteiger partial charge in [-0.2, -0.15) is 0 Å². The molecule has 1 aliphatic rings. The number of nitrogens with zero attached hydrogens (tertiary/aromatic N) is 2. The first-order valence-corrected chi connectivity index (χ1v) is 16.3. The van der Waals surface area contributed by atoms with E-state index in [2.05, 4.69) is 5.32 Å². The van der Waals surface area contributed by atoms with E-state index in [0.717, 1.165) is 54.1 Å². The molecule has 0 aliphatic heterocycles. The number of sulfonamides is 1. The van der Waals surface area contributed by atoms with Crippen LogP contribution in [-0.4, -0.2) is 56.9 Å². The lowest BCUT2D eigenvalue weighted by molar-refractivity contribution is -0.139. The number of hydrogen-bond acceptors (Lipinski definition) is 5. The molecule has 1 N–H and O–H groups in total. The van der Waals surface area contributed by atoms with Crippen molar-refractivity contribution in [2.24, 2.45) is 0 Å². The fourth-order valence-electron chi connectivity index (χ4n) is 5.28. The minimum Gasteiger partial charge on any atom is -0.494 e. The van der Waals surface area contributed by atoms with Crippen molar-refractivity contribution >= 4 is 27.5 Å². The third-order valence-corrected chi connectivity index (χ3v) is 9.51. The van der Waals surface area contributed by atoms with Crippen LogP contribution in [0.4, 0.5) is 10.1 Å². The van der Waals surface area contributed by atoms with Crippen molar-refractivity contribution in [1.82, 2.24) is 10.2 Å². The van der Waals surface area contributed by atoms with Crippen molar-refractivity contribution in [2.75, 3.05) is 24.0 Å². The lowest BCUT2D eigenvalue weighted by Gasteiger charge is -2.33. The second-order valence-corrected chi connectivity index (χ2v) is 12.6. The summed E-state index contributed by atoms with van der Waals surface area (Å²) in [6.07, 6.45) is 5.52. The molecule has 230 valence electrons. The number of carbonyl (C=O) groups is 2. The molecule has 2 amide bonds. The molecule has 10 heteroatoms. The average molecular weight is 610 g/mol.